The van der Waals surface area contributed by atoms with Gasteiger partial charge in [-0.3, -0.25) is 10.1 Å². The lowest BCUT2D eigenvalue weighted by Gasteiger charge is -2.35. The zero-order valence-corrected chi connectivity index (χ0v) is 11.0. The van der Waals surface area contributed by atoms with Gasteiger partial charge >= 0.3 is 0 Å². The molecular formula is C13H17FN2O3. The Kier molecular flexibility index (Phi) is 3.45. The highest BCUT2D eigenvalue weighted by Gasteiger charge is 2.38. The third-order valence-corrected chi connectivity index (χ3v) is 3.51. The summed E-state index contributed by atoms with van der Waals surface area (Å²) < 4.78 is 13.4. The van der Waals surface area contributed by atoms with Gasteiger partial charge in [0.15, 0.2) is 0 Å². The number of benzene rings is 1. The van der Waals surface area contributed by atoms with Gasteiger partial charge in [0.2, 0.25) is 0 Å². The van der Waals surface area contributed by atoms with Crippen molar-refractivity contribution in [2.45, 2.75) is 38.3 Å². The van der Waals surface area contributed by atoms with Crippen LogP contribution in [0.25, 0.3) is 0 Å². The minimum absolute atomic E-state index is 0.127. The largest absolute Gasteiger partial charge is 0.388 e. The molecule has 1 aromatic carbocycles. The molecule has 1 aliphatic heterocycles. The molecule has 0 amide bonds. The summed E-state index contributed by atoms with van der Waals surface area (Å²) in [5, 5.41) is 21.2. The summed E-state index contributed by atoms with van der Waals surface area (Å²) in [5.74, 6) is -0.512. The van der Waals surface area contributed by atoms with Crippen molar-refractivity contribution in [2.75, 3.05) is 11.4 Å². The van der Waals surface area contributed by atoms with Crippen LogP contribution in [0.15, 0.2) is 18.2 Å². The zero-order chi connectivity index (χ0) is 14.2. The SMILES string of the molecule is CC(C)(O)C1CCCN1c1cc(F)ccc1[N+](=O)[O-]. The van der Waals surface area contributed by atoms with Crippen molar-refractivity contribution >= 4 is 11.4 Å². The van der Waals surface area contributed by atoms with Crippen LogP contribution in [0.5, 0.6) is 0 Å². The highest BCUT2D eigenvalue weighted by atomic mass is 19.1. The summed E-state index contributed by atoms with van der Waals surface area (Å²) in [4.78, 5) is 12.3. The van der Waals surface area contributed by atoms with E-state index in [1.807, 2.05) is 0 Å². The Labute approximate surface area is 110 Å². The van der Waals surface area contributed by atoms with Crippen molar-refractivity contribution in [3.8, 4) is 0 Å². The van der Waals surface area contributed by atoms with E-state index in [2.05, 4.69) is 0 Å². The summed E-state index contributed by atoms with van der Waals surface area (Å²) in [6.45, 7) is 3.92. The molecule has 104 valence electrons. The first-order valence-electron chi connectivity index (χ1n) is 6.23. The number of hydrogen-bond acceptors (Lipinski definition) is 4. The minimum Gasteiger partial charge on any atom is -0.388 e. The third kappa shape index (κ3) is 2.68. The molecule has 6 heteroatoms. The summed E-state index contributed by atoms with van der Waals surface area (Å²) in [5.41, 5.74) is -0.872. The lowest BCUT2D eigenvalue weighted by Crippen LogP contribution is -2.46. The number of aliphatic hydroxyl groups is 1. The van der Waals surface area contributed by atoms with E-state index in [1.54, 1.807) is 18.7 Å². The minimum atomic E-state index is -0.989. The van der Waals surface area contributed by atoms with E-state index < -0.39 is 16.3 Å². The van der Waals surface area contributed by atoms with E-state index in [1.165, 1.54) is 12.1 Å². The average Bonchev–Trinajstić information content (AvgIpc) is 2.76. The molecule has 1 aliphatic rings. The number of anilines is 1. The molecule has 0 aliphatic carbocycles. The summed E-state index contributed by atoms with van der Waals surface area (Å²) >= 11 is 0. The Hall–Kier alpha value is -1.69. The average molecular weight is 268 g/mol. The van der Waals surface area contributed by atoms with Gasteiger partial charge in [0, 0.05) is 18.7 Å². The van der Waals surface area contributed by atoms with Crippen LogP contribution in [0, 0.1) is 15.9 Å². The predicted molar refractivity (Wildman–Crippen MR) is 69.7 cm³/mol. The van der Waals surface area contributed by atoms with Gasteiger partial charge < -0.3 is 10.0 Å². The van der Waals surface area contributed by atoms with Crippen LogP contribution in [0.1, 0.15) is 26.7 Å². The normalized spacial score (nSPS) is 19.8. The van der Waals surface area contributed by atoms with Crippen molar-refractivity contribution in [1.82, 2.24) is 0 Å². The first kappa shape index (κ1) is 13.7. The molecule has 1 N–H and O–H groups in total. The molecule has 5 nitrogen and oxygen atoms in total. The van der Waals surface area contributed by atoms with E-state index in [4.69, 9.17) is 0 Å². The van der Waals surface area contributed by atoms with Gasteiger partial charge in [0.25, 0.3) is 5.69 Å². The molecule has 1 aromatic rings. The summed E-state index contributed by atoms with van der Waals surface area (Å²) in [7, 11) is 0. The van der Waals surface area contributed by atoms with Crippen molar-refractivity contribution in [1.29, 1.82) is 0 Å². The number of hydrogen-bond donors (Lipinski definition) is 1. The van der Waals surface area contributed by atoms with Gasteiger partial charge in [-0.15, -0.1) is 0 Å². The molecule has 1 saturated heterocycles. The monoisotopic (exact) mass is 268 g/mol. The topological polar surface area (TPSA) is 66.6 Å². The highest BCUT2D eigenvalue weighted by Crippen LogP contribution is 2.37. The second-order valence-corrected chi connectivity index (χ2v) is 5.40. The highest BCUT2D eigenvalue weighted by molar-refractivity contribution is 5.64. The second kappa shape index (κ2) is 4.77. The van der Waals surface area contributed by atoms with Gasteiger partial charge in [-0.05, 0) is 32.8 Å². The Morgan fingerprint density at radius 1 is 1.53 bits per heavy atom. The number of nitro groups is 1. The zero-order valence-electron chi connectivity index (χ0n) is 11.0. The maximum atomic E-state index is 13.4. The lowest BCUT2D eigenvalue weighted by atomic mass is 9.96. The van der Waals surface area contributed by atoms with Crippen LogP contribution in [-0.4, -0.2) is 28.2 Å². The molecule has 2 rings (SSSR count). The Morgan fingerprint density at radius 3 is 2.79 bits per heavy atom. The van der Waals surface area contributed by atoms with Gasteiger partial charge in [-0.25, -0.2) is 4.39 Å². The Morgan fingerprint density at radius 2 is 2.21 bits per heavy atom. The van der Waals surface area contributed by atoms with Crippen molar-refractivity contribution in [2.24, 2.45) is 0 Å². The van der Waals surface area contributed by atoms with Crippen LogP contribution < -0.4 is 4.90 Å². The summed E-state index contributed by atoms with van der Waals surface area (Å²) in [6.07, 6.45) is 1.56. The van der Waals surface area contributed by atoms with Crippen LogP contribution in [0.4, 0.5) is 15.8 Å². The van der Waals surface area contributed by atoms with E-state index in [0.717, 1.165) is 18.9 Å². The van der Waals surface area contributed by atoms with E-state index in [-0.39, 0.29) is 17.4 Å². The summed E-state index contributed by atoms with van der Waals surface area (Å²) in [6, 6.07) is 3.18. The van der Waals surface area contributed by atoms with Crippen LogP contribution in [0.3, 0.4) is 0 Å². The van der Waals surface area contributed by atoms with Crippen LogP contribution in [-0.2, 0) is 0 Å². The second-order valence-electron chi connectivity index (χ2n) is 5.40. The molecule has 1 atom stereocenters. The van der Waals surface area contributed by atoms with Gasteiger partial charge in [-0.1, -0.05) is 0 Å². The lowest BCUT2D eigenvalue weighted by molar-refractivity contribution is -0.384. The van der Waals surface area contributed by atoms with E-state index in [9.17, 15) is 19.6 Å². The van der Waals surface area contributed by atoms with Crippen LogP contribution >= 0.6 is 0 Å². The first-order chi connectivity index (χ1) is 8.80. The third-order valence-electron chi connectivity index (χ3n) is 3.51. The van der Waals surface area contributed by atoms with Crippen molar-refractivity contribution in [3.63, 3.8) is 0 Å². The molecular weight excluding hydrogens is 251 g/mol. The number of rotatable bonds is 3. The number of nitrogens with zero attached hydrogens (tertiary/aromatic N) is 2. The fourth-order valence-corrected chi connectivity index (χ4v) is 2.67. The molecule has 1 unspecified atom stereocenters. The fraction of sp³-hybridized carbons (Fsp3) is 0.538. The molecule has 0 bridgehead atoms. The quantitative estimate of drug-likeness (QED) is 0.675. The molecule has 0 spiro atoms. The molecule has 0 radical (unpaired) electrons. The van der Waals surface area contributed by atoms with Gasteiger partial charge in [0.05, 0.1) is 16.6 Å². The Bertz CT molecular complexity index is 499. The molecule has 1 fully saturated rings. The maximum Gasteiger partial charge on any atom is 0.292 e. The maximum absolute atomic E-state index is 13.4. The van der Waals surface area contributed by atoms with E-state index >= 15 is 0 Å². The van der Waals surface area contributed by atoms with Crippen molar-refractivity contribution < 1.29 is 14.4 Å². The molecule has 1 heterocycles. The Balaban J connectivity index is 2.46. The smallest absolute Gasteiger partial charge is 0.292 e. The van der Waals surface area contributed by atoms with E-state index in [0.29, 0.717) is 6.54 Å². The number of halogens is 1. The number of nitro benzene ring substituents is 1. The van der Waals surface area contributed by atoms with Gasteiger partial charge in [0.1, 0.15) is 11.5 Å². The molecule has 0 aromatic heterocycles. The first-order valence-corrected chi connectivity index (χ1v) is 6.23. The van der Waals surface area contributed by atoms with Gasteiger partial charge in [-0.2, -0.15) is 0 Å². The fourth-order valence-electron chi connectivity index (χ4n) is 2.67. The van der Waals surface area contributed by atoms with Crippen molar-refractivity contribution in [3.05, 3.63) is 34.1 Å². The molecule has 19 heavy (non-hydrogen) atoms. The van der Waals surface area contributed by atoms with Crippen LogP contribution in [0.2, 0.25) is 0 Å². The predicted octanol–water partition coefficient (Wildman–Crippen LogP) is 2.47. The molecule has 0 saturated carbocycles. The standard InChI is InChI=1S/C13H17FN2O3/c1-13(2,17)12-4-3-7-15(12)11-8-9(14)5-6-10(11)16(18)19/h5-6,8,12,17H,3-4,7H2,1-2H3.